The van der Waals surface area contributed by atoms with E-state index in [1.807, 2.05) is 12.1 Å². The summed E-state index contributed by atoms with van der Waals surface area (Å²) in [6.45, 7) is 2.16. The van der Waals surface area contributed by atoms with Gasteiger partial charge in [0.1, 0.15) is 4.90 Å². The van der Waals surface area contributed by atoms with Crippen LogP contribution >= 0.6 is 0 Å². The molecule has 2 unspecified atom stereocenters. The fraction of sp³-hybridized carbons (Fsp3) is 0.538. The Labute approximate surface area is 108 Å². The number of anilines is 1. The van der Waals surface area contributed by atoms with Crippen LogP contribution in [0, 0.1) is 5.92 Å². The molecule has 0 amide bonds. The van der Waals surface area contributed by atoms with Crippen LogP contribution in [-0.4, -0.2) is 20.5 Å². The Balaban J connectivity index is 1.85. The van der Waals surface area contributed by atoms with Crippen LogP contribution in [0.15, 0.2) is 29.2 Å². The van der Waals surface area contributed by atoms with E-state index in [2.05, 4.69) is 17.0 Å². The zero-order valence-electron chi connectivity index (χ0n) is 10.4. The first-order valence-corrected chi connectivity index (χ1v) is 7.92. The fourth-order valence-corrected chi connectivity index (χ4v) is 3.50. The Hall–Kier alpha value is -1.07. The first-order valence-electron chi connectivity index (χ1n) is 6.44. The molecule has 98 valence electrons. The fourth-order valence-electron chi connectivity index (χ4n) is 2.03. The van der Waals surface area contributed by atoms with Crippen molar-refractivity contribution < 1.29 is 8.42 Å². The third-order valence-corrected chi connectivity index (χ3v) is 5.10. The number of hydrogen-bond donors (Lipinski definition) is 2. The number of rotatable bonds is 5. The molecule has 0 radical (unpaired) electrons. The van der Waals surface area contributed by atoms with E-state index in [0.29, 0.717) is 16.9 Å². The highest BCUT2D eigenvalue weighted by Gasteiger charge is 2.34. The molecule has 4 nitrogen and oxygen atoms in total. The molecule has 3 rings (SSSR count). The Morgan fingerprint density at radius 3 is 2.50 bits per heavy atom. The third-order valence-electron chi connectivity index (χ3n) is 3.53. The Morgan fingerprint density at radius 1 is 1.22 bits per heavy atom. The molecule has 0 bridgehead atoms. The molecule has 2 saturated carbocycles. The van der Waals surface area contributed by atoms with Crippen LogP contribution in [0.3, 0.4) is 0 Å². The lowest BCUT2D eigenvalue weighted by Gasteiger charge is -2.12. The maximum Gasteiger partial charge on any atom is 0.242 e. The van der Waals surface area contributed by atoms with Crippen molar-refractivity contribution in [3.63, 3.8) is 0 Å². The molecule has 2 atom stereocenters. The van der Waals surface area contributed by atoms with E-state index in [1.165, 1.54) is 0 Å². The molecular weight excluding hydrogens is 248 g/mol. The van der Waals surface area contributed by atoms with Crippen LogP contribution in [0.2, 0.25) is 0 Å². The van der Waals surface area contributed by atoms with E-state index in [0.717, 1.165) is 24.9 Å². The summed E-state index contributed by atoms with van der Waals surface area (Å²) >= 11 is 0. The maximum atomic E-state index is 12.2. The molecule has 0 heterocycles. The average Bonchev–Trinajstić information content (AvgIpc) is 3.21. The van der Waals surface area contributed by atoms with Gasteiger partial charge in [0, 0.05) is 12.1 Å². The van der Waals surface area contributed by atoms with Gasteiger partial charge in [0.15, 0.2) is 0 Å². The number of sulfonamides is 1. The zero-order chi connectivity index (χ0) is 12.8. The van der Waals surface area contributed by atoms with E-state index in [1.54, 1.807) is 12.1 Å². The number of para-hydroxylation sites is 1. The van der Waals surface area contributed by atoms with Crippen LogP contribution in [0.1, 0.15) is 26.2 Å². The molecule has 2 aliphatic rings. The highest BCUT2D eigenvalue weighted by Crippen LogP contribution is 2.35. The molecule has 5 heteroatoms. The van der Waals surface area contributed by atoms with Gasteiger partial charge in [-0.05, 0) is 37.3 Å². The van der Waals surface area contributed by atoms with Gasteiger partial charge in [-0.25, -0.2) is 13.1 Å². The predicted octanol–water partition coefficient (Wildman–Crippen LogP) is 1.95. The smallest absolute Gasteiger partial charge is 0.242 e. The van der Waals surface area contributed by atoms with Gasteiger partial charge in [-0.2, -0.15) is 0 Å². The summed E-state index contributed by atoms with van der Waals surface area (Å²) in [5, 5.41) is 3.31. The van der Waals surface area contributed by atoms with Crippen molar-refractivity contribution in [2.45, 2.75) is 43.2 Å². The van der Waals surface area contributed by atoms with E-state index < -0.39 is 10.0 Å². The SMILES string of the molecule is CC1CC1Nc1ccccc1S(=O)(=O)NC1CC1. The lowest BCUT2D eigenvalue weighted by molar-refractivity contribution is 0.581. The summed E-state index contributed by atoms with van der Waals surface area (Å²) in [5.41, 5.74) is 0.722. The standard InChI is InChI=1S/C13H18N2O2S/c1-9-8-12(9)14-11-4-2-3-5-13(11)18(16,17)15-10-6-7-10/h2-5,9-10,12,14-15H,6-8H2,1H3. The van der Waals surface area contributed by atoms with Crippen LogP contribution in [-0.2, 0) is 10.0 Å². The topological polar surface area (TPSA) is 58.2 Å². The molecule has 18 heavy (non-hydrogen) atoms. The highest BCUT2D eigenvalue weighted by atomic mass is 32.2. The second-order valence-corrected chi connectivity index (χ2v) is 7.04. The predicted molar refractivity (Wildman–Crippen MR) is 71.0 cm³/mol. The molecule has 0 aliphatic heterocycles. The van der Waals surface area contributed by atoms with Crippen molar-refractivity contribution in [3.05, 3.63) is 24.3 Å². The van der Waals surface area contributed by atoms with Crippen LogP contribution in [0.4, 0.5) is 5.69 Å². The number of hydrogen-bond acceptors (Lipinski definition) is 3. The molecule has 0 aromatic heterocycles. The minimum atomic E-state index is -3.38. The summed E-state index contributed by atoms with van der Waals surface area (Å²) in [4.78, 5) is 0.371. The molecule has 2 N–H and O–H groups in total. The molecule has 1 aromatic rings. The average molecular weight is 266 g/mol. The van der Waals surface area contributed by atoms with Gasteiger partial charge in [0.2, 0.25) is 10.0 Å². The van der Waals surface area contributed by atoms with E-state index in [-0.39, 0.29) is 6.04 Å². The Morgan fingerprint density at radius 2 is 1.89 bits per heavy atom. The number of nitrogens with one attached hydrogen (secondary N) is 2. The summed E-state index contributed by atoms with van der Waals surface area (Å²) in [7, 11) is -3.38. The third kappa shape index (κ3) is 2.52. The van der Waals surface area contributed by atoms with Crippen molar-refractivity contribution in [2.75, 3.05) is 5.32 Å². The van der Waals surface area contributed by atoms with E-state index >= 15 is 0 Å². The molecule has 2 aliphatic carbocycles. The minimum Gasteiger partial charge on any atom is -0.381 e. The van der Waals surface area contributed by atoms with E-state index in [4.69, 9.17) is 0 Å². The summed E-state index contributed by atoms with van der Waals surface area (Å²) in [6.07, 6.45) is 3.02. The second-order valence-electron chi connectivity index (χ2n) is 5.36. The summed E-state index contributed by atoms with van der Waals surface area (Å²) < 4.78 is 27.2. The molecular formula is C13H18N2O2S. The van der Waals surface area contributed by atoms with Crippen LogP contribution in [0.5, 0.6) is 0 Å². The number of benzene rings is 1. The second kappa shape index (κ2) is 4.24. The van der Waals surface area contributed by atoms with Gasteiger partial charge in [-0.3, -0.25) is 0 Å². The van der Waals surface area contributed by atoms with Crippen molar-refractivity contribution in [1.82, 2.24) is 4.72 Å². The Kier molecular flexibility index (Phi) is 2.83. The van der Waals surface area contributed by atoms with Gasteiger partial charge in [-0.1, -0.05) is 19.1 Å². The lowest BCUT2D eigenvalue weighted by atomic mass is 10.3. The van der Waals surface area contributed by atoms with Crippen molar-refractivity contribution in [1.29, 1.82) is 0 Å². The largest absolute Gasteiger partial charge is 0.381 e. The molecule has 0 spiro atoms. The van der Waals surface area contributed by atoms with E-state index in [9.17, 15) is 8.42 Å². The minimum absolute atomic E-state index is 0.142. The lowest BCUT2D eigenvalue weighted by Crippen LogP contribution is -2.26. The Bertz CT molecular complexity index is 552. The summed E-state index contributed by atoms with van der Waals surface area (Å²) in [5.74, 6) is 0.636. The van der Waals surface area contributed by atoms with Crippen LogP contribution in [0.25, 0.3) is 0 Å². The molecule has 1 aromatic carbocycles. The first kappa shape index (κ1) is 12.0. The normalized spacial score (nSPS) is 26.9. The quantitative estimate of drug-likeness (QED) is 0.856. The van der Waals surface area contributed by atoms with Gasteiger partial charge in [0.05, 0.1) is 5.69 Å². The van der Waals surface area contributed by atoms with Gasteiger partial charge in [0.25, 0.3) is 0 Å². The van der Waals surface area contributed by atoms with Crippen molar-refractivity contribution >= 4 is 15.7 Å². The molecule has 0 saturated heterocycles. The molecule has 2 fully saturated rings. The van der Waals surface area contributed by atoms with Crippen molar-refractivity contribution in [3.8, 4) is 0 Å². The first-order chi connectivity index (χ1) is 8.56. The van der Waals surface area contributed by atoms with Gasteiger partial charge >= 0.3 is 0 Å². The maximum absolute atomic E-state index is 12.2. The van der Waals surface area contributed by atoms with Gasteiger partial charge < -0.3 is 5.32 Å². The van der Waals surface area contributed by atoms with Crippen LogP contribution < -0.4 is 10.0 Å². The summed E-state index contributed by atoms with van der Waals surface area (Å²) in [6, 6.07) is 7.70. The van der Waals surface area contributed by atoms with Crippen molar-refractivity contribution in [2.24, 2.45) is 5.92 Å². The zero-order valence-corrected chi connectivity index (χ0v) is 11.2. The highest BCUT2D eigenvalue weighted by molar-refractivity contribution is 7.89. The monoisotopic (exact) mass is 266 g/mol. The van der Waals surface area contributed by atoms with Gasteiger partial charge in [-0.15, -0.1) is 0 Å².